The Morgan fingerprint density at radius 3 is 2.78 bits per heavy atom. The summed E-state index contributed by atoms with van der Waals surface area (Å²) in [6.07, 6.45) is 3.43. The van der Waals surface area contributed by atoms with Crippen LogP contribution in [0.1, 0.15) is 0 Å². The van der Waals surface area contributed by atoms with Crippen molar-refractivity contribution in [3.05, 3.63) is 55.0 Å². The van der Waals surface area contributed by atoms with Crippen molar-refractivity contribution in [1.82, 2.24) is 19.4 Å². The van der Waals surface area contributed by atoms with Crippen molar-refractivity contribution < 1.29 is 4.74 Å². The number of hydrogen-bond acceptors (Lipinski definition) is 4. The third-order valence-corrected chi connectivity index (χ3v) is 4.22. The van der Waals surface area contributed by atoms with Crippen molar-refractivity contribution in [2.75, 3.05) is 7.11 Å². The summed E-state index contributed by atoms with van der Waals surface area (Å²) in [5, 5.41) is 3.10. The van der Waals surface area contributed by atoms with Crippen molar-refractivity contribution in [2.45, 2.75) is 0 Å². The number of pyridine rings is 1. The first kappa shape index (κ1) is 12.3. The first-order valence-electron chi connectivity index (χ1n) is 7.33. The Kier molecular flexibility index (Phi) is 2.36. The normalized spacial score (nSPS) is 11.7. The van der Waals surface area contributed by atoms with Crippen LogP contribution in [-0.2, 0) is 0 Å². The van der Waals surface area contributed by atoms with Gasteiger partial charge in [-0.2, -0.15) is 0 Å². The molecule has 0 unspecified atom stereocenters. The fourth-order valence-corrected chi connectivity index (χ4v) is 3.18. The van der Waals surface area contributed by atoms with Crippen LogP contribution in [0.25, 0.3) is 38.5 Å². The summed E-state index contributed by atoms with van der Waals surface area (Å²) in [5.41, 5.74) is 3.73. The lowest BCUT2D eigenvalue weighted by Gasteiger charge is -2.08. The van der Waals surface area contributed by atoms with Crippen molar-refractivity contribution >= 4 is 38.5 Å². The molecule has 3 aromatic heterocycles. The van der Waals surface area contributed by atoms with Gasteiger partial charge in [-0.3, -0.25) is 4.40 Å². The molecule has 0 N–H and O–H groups in total. The van der Waals surface area contributed by atoms with Crippen LogP contribution >= 0.6 is 0 Å². The summed E-state index contributed by atoms with van der Waals surface area (Å²) in [4.78, 5) is 13.5. The van der Waals surface area contributed by atoms with Gasteiger partial charge in [-0.25, -0.2) is 15.0 Å². The number of fused-ring (bicyclic) bond motifs is 8. The van der Waals surface area contributed by atoms with Crippen LogP contribution in [0.3, 0.4) is 0 Å². The van der Waals surface area contributed by atoms with Crippen LogP contribution in [0.5, 0.6) is 5.75 Å². The van der Waals surface area contributed by atoms with Crippen LogP contribution in [0.4, 0.5) is 0 Å². The van der Waals surface area contributed by atoms with Crippen molar-refractivity contribution in [1.29, 1.82) is 0 Å². The molecule has 0 atom stereocenters. The molecule has 0 saturated heterocycles. The molecule has 5 nitrogen and oxygen atoms in total. The zero-order valence-electron chi connectivity index (χ0n) is 12.4. The van der Waals surface area contributed by atoms with E-state index in [2.05, 4.69) is 20.4 Å². The number of aromatic nitrogens is 4. The minimum absolute atomic E-state index is 0.808. The minimum Gasteiger partial charge on any atom is -0.497 e. The quantitative estimate of drug-likeness (QED) is 0.444. The predicted octanol–water partition coefficient (Wildman–Crippen LogP) is 3.59. The summed E-state index contributed by atoms with van der Waals surface area (Å²) in [7, 11) is 1.67. The van der Waals surface area contributed by atoms with E-state index < -0.39 is 0 Å². The number of imidazole rings is 1. The SMILES string of the molecule is COc1ccc2c3cncnc3n3c4ccccc4nc3c2c1. The van der Waals surface area contributed by atoms with Gasteiger partial charge >= 0.3 is 0 Å². The summed E-state index contributed by atoms with van der Waals surface area (Å²) in [6, 6.07) is 14.1. The molecule has 0 aliphatic rings. The maximum atomic E-state index is 5.39. The number of para-hydroxylation sites is 2. The predicted molar refractivity (Wildman–Crippen MR) is 89.9 cm³/mol. The number of hydrogen-bond donors (Lipinski definition) is 0. The van der Waals surface area contributed by atoms with Gasteiger partial charge in [0.05, 0.1) is 18.1 Å². The molecule has 0 amide bonds. The molecule has 0 aliphatic carbocycles. The Hall–Kier alpha value is -3.21. The third-order valence-electron chi connectivity index (χ3n) is 4.22. The van der Waals surface area contributed by atoms with Gasteiger partial charge < -0.3 is 4.74 Å². The van der Waals surface area contributed by atoms with Gasteiger partial charge in [0.15, 0.2) is 0 Å². The van der Waals surface area contributed by atoms with Gasteiger partial charge in [-0.1, -0.05) is 12.1 Å². The second-order valence-electron chi connectivity index (χ2n) is 5.43. The zero-order chi connectivity index (χ0) is 15.4. The molecule has 0 radical (unpaired) electrons. The standard InChI is InChI=1S/C18H12N4O/c1-23-11-6-7-12-13(8-11)18-21-15-4-2-3-5-16(15)22(18)17-14(12)9-19-10-20-17/h2-10H,1H3. The van der Waals surface area contributed by atoms with E-state index in [0.717, 1.165) is 44.2 Å². The van der Waals surface area contributed by atoms with Gasteiger partial charge in [-0.15, -0.1) is 0 Å². The Bertz CT molecular complexity index is 1210. The molecule has 0 spiro atoms. The zero-order valence-corrected chi connectivity index (χ0v) is 12.4. The molecule has 0 saturated carbocycles. The topological polar surface area (TPSA) is 52.3 Å². The smallest absolute Gasteiger partial charge is 0.150 e. The van der Waals surface area contributed by atoms with E-state index >= 15 is 0 Å². The second kappa shape index (κ2) is 4.39. The van der Waals surface area contributed by atoms with Crippen LogP contribution in [0, 0.1) is 0 Å². The highest BCUT2D eigenvalue weighted by molar-refractivity contribution is 6.12. The van der Waals surface area contributed by atoms with E-state index in [1.165, 1.54) is 0 Å². The van der Waals surface area contributed by atoms with Gasteiger partial charge in [0.1, 0.15) is 23.4 Å². The monoisotopic (exact) mass is 300 g/mol. The van der Waals surface area contributed by atoms with E-state index in [1.54, 1.807) is 13.4 Å². The Morgan fingerprint density at radius 1 is 0.957 bits per heavy atom. The molecule has 5 aromatic rings. The van der Waals surface area contributed by atoms with E-state index in [0.29, 0.717) is 0 Å². The molecular formula is C18H12N4O. The van der Waals surface area contributed by atoms with E-state index in [-0.39, 0.29) is 0 Å². The van der Waals surface area contributed by atoms with Crippen molar-refractivity contribution in [2.24, 2.45) is 0 Å². The maximum Gasteiger partial charge on any atom is 0.150 e. The summed E-state index contributed by atoms with van der Waals surface area (Å²) in [5.74, 6) is 0.808. The molecule has 3 heterocycles. The highest BCUT2D eigenvalue weighted by Gasteiger charge is 2.14. The first-order valence-corrected chi connectivity index (χ1v) is 7.33. The number of ether oxygens (including phenoxy) is 1. The largest absolute Gasteiger partial charge is 0.497 e. The highest BCUT2D eigenvalue weighted by atomic mass is 16.5. The first-order chi connectivity index (χ1) is 11.4. The molecule has 0 aliphatic heterocycles. The summed E-state index contributed by atoms with van der Waals surface area (Å²) >= 11 is 0. The summed E-state index contributed by atoms with van der Waals surface area (Å²) < 4.78 is 7.48. The van der Waals surface area contributed by atoms with Crippen molar-refractivity contribution in [3.63, 3.8) is 0 Å². The van der Waals surface area contributed by atoms with Crippen LogP contribution in [0.15, 0.2) is 55.0 Å². The highest BCUT2D eigenvalue weighted by Crippen LogP contribution is 2.32. The molecule has 23 heavy (non-hydrogen) atoms. The Labute approximate surface area is 131 Å². The minimum atomic E-state index is 0.808. The molecule has 0 fully saturated rings. The maximum absolute atomic E-state index is 5.39. The summed E-state index contributed by atoms with van der Waals surface area (Å²) in [6.45, 7) is 0. The van der Waals surface area contributed by atoms with E-state index in [1.807, 2.05) is 42.6 Å². The number of methoxy groups -OCH3 is 1. The Balaban J connectivity index is 2.17. The van der Waals surface area contributed by atoms with Gasteiger partial charge in [0.25, 0.3) is 0 Å². The van der Waals surface area contributed by atoms with Crippen molar-refractivity contribution in [3.8, 4) is 5.75 Å². The molecule has 110 valence electrons. The van der Waals surface area contributed by atoms with Crippen LogP contribution in [-0.4, -0.2) is 26.5 Å². The fraction of sp³-hybridized carbons (Fsp3) is 0.0556. The molecular weight excluding hydrogens is 288 g/mol. The van der Waals surface area contributed by atoms with E-state index in [9.17, 15) is 0 Å². The number of benzene rings is 2. The molecule has 5 rings (SSSR count). The lowest BCUT2D eigenvalue weighted by molar-refractivity contribution is 0.415. The van der Waals surface area contributed by atoms with Gasteiger partial charge in [0.2, 0.25) is 0 Å². The fourth-order valence-electron chi connectivity index (χ4n) is 3.18. The van der Waals surface area contributed by atoms with E-state index in [4.69, 9.17) is 9.72 Å². The average molecular weight is 300 g/mol. The average Bonchev–Trinajstić information content (AvgIpc) is 3.01. The molecule has 2 aromatic carbocycles. The number of rotatable bonds is 1. The lowest BCUT2D eigenvalue weighted by Crippen LogP contribution is -1.95. The number of nitrogens with zero attached hydrogens (tertiary/aromatic N) is 4. The molecule has 0 bridgehead atoms. The molecule has 5 heteroatoms. The van der Waals surface area contributed by atoms with Gasteiger partial charge in [0, 0.05) is 17.0 Å². The Morgan fingerprint density at radius 2 is 1.87 bits per heavy atom. The van der Waals surface area contributed by atoms with Crippen LogP contribution < -0.4 is 4.74 Å². The van der Waals surface area contributed by atoms with Gasteiger partial charge in [-0.05, 0) is 35.7 Å². The third kappa shape index (κ3) is 1.59. The van der Waals surface area contributed by atoms with Crippen LogP contribution in [0.2, 0.25) is 0 Å². The lowest BCUT2D eigenvalue weighted by atomic mass is 10.1. The second-order valence-corrected chi connectivity index (χ2v) is 5.43.